The van der Waals surface area contributed by atoms with Crippen LogP contribution in [0.1, 0.15) is 56.2 Å². The van der Waals surface area contributed by atoms with Gasteiger partial charge >= 0.3 is 0 Å². The highest BCUT2D eigenvalue weighted by molar-refractivity contribution is 5.85. The number of nitrogens with zero attached hydrogens (tertiary/aromatic N) is 1. The molecule has 0 bridgehead atoms. The molecule has 1 aromatic carbocycles. The van der Waals surface area contributed by atoms with Gasteiger partial charge in [-0.05, 0) is 68.7 Å². The van der Waals surface area contributed by atoms with Gasteiger partial charge in [0.15, 0.2) is 0 Å². The molecule has 1 aromatic heterocycles. The van der Waals surface area contributed by atoms with E-state index in [1.807, 2.05) is 6.92 Å². The number of aromatic amines is 1. The smallest absolute Gasteiger partial charge is 0.223 e. The number of benzene rings is 1. The van der Waals surface area contributed by atoms with Crippen molar-refractivity contribution < 1.29 is 9.18 Å². The Hall–Kier alpha value is -1.84. The molecule has 2 heterocycles. The van der Waals surface area contributed by atoms with E-state index in [0.29, 0.717) is 18.9 Å². The molecule has 25 heavy (non-hydrogen) atoms. The molecule has 2 unspecified atom stereocenters. The number of H-pyrrole nitrogens is 1. The lowest BCUT2D eigenvalue weighted by Gasteiger charge is -2.44. The Bertz CT molecular complexity index is 780. The molecule has 2 fully saturated rings. The molecule has 4 rings (SSSR count). The second-order valence-electron chi connectivity index (χ2n) is 7.76. The van der Waals surface area contributed by atoms with Gasteiger partial charge in [-0.2, -0.15) is 0 Å². The summed E-state index contributed by atoms with van der Waals surface area (Å²) < 4.78 is 13.6. The average molecular weight is 342 g/mol. The molecular formula is C21H27FN2O. The van der Waals surface area contributed by atoms with E-state index in [1.54, 1.807) is 12.1 Å². The highest BCUT2D eigenvalue weighted by Gasteiger charge is 2.35. The number of rotatable bonds is 3. The van der Waals surface area contributed by atoms with Crippen LogP contribution in [0.2, 0.25) is 0 Å². The van der Waals surface area contributed by atoms with Crippen molar-refractivity contribution in [2.75, 3.05) is 6.54 Å². The molecule has 1 saturated carbocycles. The molecule has 3 nitrogen and oxygen atoms in total. The molecule has 2 atom stereocenters. The van der Waals surface area contributed by atoms with E-state index >= 15 is 0 Å². The van der Waals surface area contributed by atoms with Gasteiger partial charge < -0.3 is 9.88 Å². The number of piperidine rings is 1. The van der Waals surface area contributed by atoms with E-state index in [-0.39, 0.29) is 11.7 Å². The summed E-state index contributed by atoms with van der Waals surface area (Å²) in [7, 11) is 0. The van der Waals surface area contributed by atoms with E-state index in [9.17, 15) is 9.18 Å². The summed E-state index contributed by atoms with van der Waals surface area (Å²) in [6.07, 6.45) is 8.67. The predicted molar refractivity (Wildman–Crippen MR) is 98.0 cm³/mol. The molecule has 2 aromatic rings. The summed E-state index contributed by atoms with van der Waals surface area (Å²) in [6, 6.07) is 5.30. The van der Waals surface area contributed by atoms with Crippen LogP contribution in [0, 0.1) is 18.7 Å². The number of halogens is 1. The monoisotopic (exact) mass is 342 g/mol. The van der Waals surface area contributed by atoms with Crippen LogP contribution < -0.4 is 0 Å². The van der Waals surface area contributed by atoms with E-state index in [2.05, 4.69) is 9.88 Å². The lowest BCUT2D eigenvalue weighted by atomic mass is 9.78. The zero-order valence-corrected chi connectivity index (χ0v) is 15.0. The summed E-state index contributed by atoms with van der Waals surface area (Å²) in [5.41, 5.74) is 3.08. The van der Waals surface area contributed by atoms with Crippen LogP contribution in [-0.2, 0) is 11.2 Å². The van der Waals surface area contributed by atoms with Crippen LogP contribution in [0.25, 0.3) is 10.9 Å². The van der Waals surface area contributed by atoms with Gasteiger partial charge in [0.2, 0.25) is 5.91 Å². The number of fused-ring (bicyclic) bond motifs is 2. The average Bonchev–Trinajstić information content (AvgIpc) is 2.93. The predicted octanol–water partition coefficient (Wildman–Crippen LogP) is 4.73. The van der Waals surface area contributed by atoms with Crippen LogP contribution in [-0.4, -0.2) is 28.4 Å². The van der Waals surface area contributed by atoms with Crippen molar-refractivity contribution in [2.24, 2.45) is 5.92 Å². The normalized spacial score (nSPS) is 23.7. The molecule has 4 heteroatoms. The van der Waals surface area contributed by atoms with Gasteiger partial charge in [0, 0.05) is 35.6 Å². The lowest BCUT2D eigenvalue weighted by Crippen LogP contribution is -2.49. The zero-order valence-electron chi connectivity index (χ0n) is 15.0. The minimum Gasteiger partial charge on any atom is -0.358 e. The van der Waals surface area contributed by atoms with Crippen molar-refractivity contribution >= 4 is 16.8 Å². The number of amides is 1. The third kappa shape index (κ3) is 3.19. The molecule has 1 N–H and O–H groups in total. The van der Waals surface area contributed by atoms with E-state index in [1.165, 1.54) is 38.2 Å². The molecule has 2 aliphatic rings. The lowest BCUT2D eigenvalue weighted by molar-refractivity contribution is -0.137. The van der Waals surface area contributed by atoms with Gasteiger partial charge in [-0.25, -0.2) is 4.39 Å². The number of nitrogens with one attached hydrogen (secondary N) is 1. The van der Waals surface area contributed by atoms with E-state index in [4.69, 9.17) is 0 Å². The summed E-state index contributed by atoms with van der Waals surface area (Å²) in [4.78, 5) is 18.4. The maximum Gasteiger partial charge on any atom is 0.223 e. The number of carbonyl (C=O) groups excluding carboxylic acids is 1. The van der Waals surface area contributed by atoms with Crippen molar-refractivity contribution in [3.63, 3.8) is 0 Å². The Morgan fingerprint density at radius 1 is 1.24 bits per heavy atom. The second-order valence-corrected chi connectivity index (χ2v) is 7.76. The number of likely N-dealkylation sites (tertiary alicyclic amines) is 1. The van der Waals surface area contributed by atoms with Crippen LogP contribution in [0.15, 0.2) is 18.2 Å². The maximum absolute atomic E-state index is 13.6. The van der Waals surface area contributed by atoms with Gasteiger partial charge in [-0.15, -0.1) is 0 Å². The third-order valence-corrected chi connectivity index (χ3v) is 6.23. The zero-order chi connectivity index (χ0) is 17.4. The number of hydrogen-bond donors (Lipinski definition) is 1. The highest BCUT2D eigenvalue weighted by atomic mass is 19.1. The summed E-state index contributed by atoms with van der Waals surface area (Å²) in [5.74, 6) is 0.775. The molecule has 134 valence electrons. The minimum absolute atomic E-state index is 0.222. The molecule has 1 aliphatic heterocycles. The number of hydrogen-bond acceptors (Lipinski definition) is 1. The van der Waals surface area contributed by atoms with Crippen molar-refractivity contribution in [2.45, 2.75) is 64.3 Å². The summed E-state index contributed by atoms with van der Waals surface area (Å²) in [6.45, 7) is 2.93. The van der Waals surface area contributed by atoms with Gasteiger partial charge in [-0.3, -0.25) is 4.79 Å². The van der Waals surface area contributed by atoms with E-state index < -0.39 is 0 Å². The maximum atomic E-state index is 13.6. The quantitative estimate of drug-likeness (QED) is 0.860. The van der Waals surface area contributed by atoms with Crippen molar-refractivity contribution in [1.29, 1.82) is 0 Å². The third-order valence-electron chi connectivity index (χ3n) is 6.23. The fourth-order valence-corrected chi connectivity index (χ4v) is 4.99. The van der Waals surface area contributed by atoms with Crippen molar-refractivity contribution in [3.05, 3.63) is 35.3 Å². The van der Waals surface area contributed by atoms with Crippen LogP contribution in [0.3, 0.4) is 0 Å². The molecule has 1 aliphatic carbocycles. The van der Waals surface area contributed by atoms with Crippen molar-refractivity contribution in [3.8, 4) is 0 Å². The first-order valence-electron chi connectivity index (χ1n) is 9.69. The Morgan fingerprint density at radius 2 is 2.04 bits per heavy atom. The van der Waals surface area contributed by atoms with Crippen LogP contribution in [0.5, 0.6) is 0 Å². The first-order chi connectivity index (χ1) is 12.1. The van der Waals surface area contributed by atoms with E-state index in [0.717, 1.165) is 41.0 Å². The Balaban J connectivity index is 1.48. The molecular weight excluding hydrogens is 315 g/mol. The van der Waals surface area contributed by atoms with Gasteiger partial charge in [-0.1, -0.05) is 12.8 Å². The second kappa shape index (κ2) is 6.81. The highest BCUT2D eigenvalue weighted by Crippen LogP contribution is 2.35. The SMILES string of the molecule is Cc1[nH]c2ccc(F)cc2c1CCC(=O)N1CCCC2CCCCC21. The van der Waals surface area contributed by atoms with Crippen LogP contribution in [0.4, 0.5) is 4.39 Å². The van der Waals surface area contributed by atoms with Gasteiger partial charge in [0.1, 0.15) is 5.82 Å². The molecule has 0 spiro atoms. The fourth-order valence-electron chi connectivity index (χ4n) is 4.99. The van der Waals surface area contributed by atoms with Gasteiger partial charge in [0.25, 0.3) is 0 Å². The number of carbonyl (C=O) groups is 1. The van der Waals surface area contributed by atoms with Gasteiger partial charge in [0.05, 0.1) is 0 Å². The minimum atomic E-state index is -0.222. The summed E-state index contributed by atoms with van der Waals surface area (Å²) >= 11 is 0. The number of aryl methyl sites for hydroxylation is 2. The molecule has 1 amide bonds. The molecule has 1 saturated heterocycles. The van der Waals surface area contributed by atoms with Crippen LogP contribution >= 0.6 is 0 Å². The summed E-state index contributed by atoms with van der Waals surface area (Å²) in [5, 5.41) is 0.916. The topological polar surface area (TPSA) is 36.1 Å². The first kappa shape index (κ1) is 16.6. The number of aromatic nitrogens is 1. The first-order valence-corrected chi connectivity index (χ1v) is 9.69. The Kier molecular flexibility index (Phi) is 4.53. The molecule has 0 radical (unpaired) electrons. The standard InChI is InChI=1S/C21H27FN2O/c1-14-17(18-13-16(22)8-10-19(18)23-14)9-11-21(25)24-12-4-6-15-5-2-3-7-20(15)24/h8,10,13,15,20,23H,2-7,9,11-12H2,1H3. The largest absolute Gasteiger partial charge is 0.358 e. The Morgan fingerprint density at radius 3 is 2.92 bits per heavy atom. The fraction of sp³-hybridized carbons (Fsp3) is 0.571. The Labute approximate surface area is 148 Å². The van der Waals surface area contributed by atoms with Crippen molar-refractivity contribution in [1.82, 2.24) is 9.88 Å².